The van der Waals surface area contributed by atoms with Crippen molar-refractivity contribution < 1.29 is 18.3 Å². The van der Waals surface area contributed by atoms with Gasteiger partial charge in [-0.2, -0.15) is 8.78 Å². The lowest BCUT2D eigenvalue weighted by molar-refractivity contribution is -0.141. The molecule has 3 rings (SSSR count). The number of alkyl halides is 2. The first-order valence-electron chi connectivity index (χ1n) is 6.99. The molecule has 1 aliphatic heterocycles. The molecular formula is C14H16BrF2N3O2. The van der Waals surface area contributed by atoms with Gasteiger partial charge in [-0.3, -0.25) is 4.79 Å². The largest absolute Gasteiger partial charge is 0.345 e. The van der Waals surface area contributed by atoms with Crippen LogP contribution < -0.4 is 10.6 Å². The minimum atomic E-state index is -2.77. The first kappa shape index (κ1) is 15.8. The summed E-state index contributed by atoms with van der Waals surface area (Å²) < 4.78 is 29.4. The number of hydrogen-bond acceptors (Lipinski definition) is 4. The summed E-state index contributed by atoms with van der Waals surface area (Å²) in [4.78, 5) is 16.5. The van der Waals surface area contributed by atoms with Crippen molar-refractivity contribution in [2.24, 2.45) is 5.41 Å². The fraction of sp³-hybridized carbons (Fsp3) is 0.571. The van der Waals surface area contributed by atoms with Gasteiger partial charge in [0.25, 0.3) is 0 Å². The van der Waals surface area contributed by atoms with Gasteiger partial charge in [0.2, 0.25) is 5.91 Å². The SMILES string of the molecule is Cc1ccc(Br)nc1NC(=O)C1CC2(COC(F)F)CC2N1. The highest BCUT2D eigenvalue weighted by Gasteiger charge is 2.61. The van der Waals surface area contributed by atoms with Gasteiger partial charge in [0, 0.05) is 11.5 Å². The van der Waals surface area contributed by atoms with Crippen LogP contribution in [0.2, 0.25) is 0 Å². The molecule has 0 radical (unpaired) electrons. The maximum Gasteiger partial charge on any atom is 0.345 e. The number of nitrogens with zero attached hydrogens (tertiary/aromatic N) is 1. The highest BCUT2D eigenvalue weighted by atomic mass is 79.9. The van der Waals surface area contributed by atoms with Gasteiger partial charge in [-0.15, -0.1) is 0 Å². The second-order valence-corrected chi connectivity index (χ2v) is 6.72. The van der Waals surface area contributed by atoms with E-state index in [1.54, 1.807) is 6.07 Å². The van der Waals surface area contributed by atoms with E-state index in [0.29, 0.717) is 16.8 Å². The number of piperidine rings is 1. The Kier molecular flexibility index (Phi) is 4.17. The lowest BCUT2D eigenvalue weighted by atomic mass is 10.0. The molecule has 1 saturated carbocycles. The van der Waals surface area contributed by atoms with E-state index in [0.717, 1.165) is 12.0 Å². The second-order valence-electron chi connectivity index (χ2n) is 5.90. The van der Waals surface area contributed by atoms with Crippen molar-refractivity contribution in [1.29, 1.82) is 0 Å². The van der Waals surface area contributed by atoms with E-state index in [2.05, 4.69) is 36.3 Å². The average molecular weight is 376 g/mol. The smallest absolute Gasteiger partial charge is 0.322 e. The predicted octanol–water partition coefficient (Wildman–Crippen LogP) is 2.45. The zero-order valence-corrected chi connectivity index (χ0v) is 13.5. The Labute approximate surface area is 134 Å². The van der Waals surface area contributed by atoms with Gasteiger partial charge in [0.15, 0.2) is 0 Å². The number of rotatable bonds is 5. The Morgan fingerprint density at radius 2 is 2.36 bits per heavy atom. The van der Waals surface area contributed by atoms with E-state index >= 15 is 0 Å². The predicted molar refractivity (Wildman–Crippen MR) is 79.6 cm³/mol. The number of fused-ring (bicyclic) bond motifs is 1. The van der Waals surface area contributed by atoms with Crippen LogP contribution in [-0.4, -0.2) is 36.2 Å². The zero-order chi connectivity index (χ0) is 15.9. The van der Waals surface area contributed by atoms with Gasteiger partial charge >= 0.3 is 6.61 Å². The van der Waals surface area contributed by atoms with Crippen LogP contribution in [-0.2, 0) is 9.53 Å². The molecule has 1 aromatic rings. The van der Waals surface area contributed by atoms with Crippen molar-refractivity contribution in [2.75, 3.05) is 11.9 Å². The van der Waals surface area contributed by atoms with Crippen LogP contribution in [0.3, 0.4) is 0 Å². The van der Waals surface area contributed by atoms with Crippen LogP contribution in [0.15, 0.2) is 16.7 Å². The number of nitrogens with one attached hydrogen (secondary N) is 2. The van der Waals surface area contributed by atoms with E-state index in [-0.39, 0.29) is 24.0 Å². The van der Waals surface area contributed by atoms with Crippen molar-refractivity contribution in [3.63, 3.8) is 0 Å². The molecule has 1 aromatic heterocycles. The van der Waals surface area contributed by atoms with E-state index in [1.165, 1.54) is 0 Å². The molecule has 120 valence electrons. The Morgan fingerprint density at radius 1 is 1.59 bits per heavy atom. The standard InChI is InChI=1S/C14H16BrF2N3O2/c1-7-2-3-10(15)19-11(7)20-12(21)8-4-14(5-9(14)18-8)6-22-13(16)17/h2-3,8-9,13,18H,4-6H2,1H3,(H,19,20,21). The monoisotopic (exact) mass is 375 g/mol. The lowest BCUT2D eigenvalue weighted by Crippen LogP contribution is -2.38. The van der Waals surface area contributed by atoms with Crippen molar-refractivity contribution in [1.82, 2.24) is 10.3 Å². The average Bonchev–Trinajstić information content (AvgIpc) is 3.02. The molecular weight excluding hydrogens is 360 g/mol. The van der Waals surface area contributed by atoms with E-state index in [1.807, 2.05) is 13.0 Å². The summed E-state index contributed by atoms with van der Waals surface area (Å²) in [5.41, 5.74) is 0.536. The van der Waals surface area contributed by atoms with Crippen molar-refractivity contribution >= 4 is 27.7 Å². The molecule has 22 heavy (non-hydrogen) atoms. The molecule has 2 fully saturated rings. The van der Waals surface area contributed by atoms with Crippen LogP contribution in [0.5, 0.6) is 0 Å². The molecule has 2 aliphatic rings. The summed E-state index contributed by atoms with van der Waals surface area (Å²) in [6, 6.07) is 3.33. The summed E-state index contributed by atoms with van der Waals surface area (Å²) in [5.74, 6) is 0.303. The fourth-order valence-corrected chi connectivity index (χ4v) is 3.28. The number of aryl methyl sites for hydroxylation is 1. The zero-order valence-electron chi connectivity index (χ0n) is 11.9. The summed E-state index contributed by atoms with van der Waals surface area (Å²) >= 11 is 3.26. The van der Waals surface area contributed by atoms with Crippen LogP contribution >= 0.6 is 15.9 Å². The van der Waals surface area contributed by atoms with E-state index in [9.17, 15) is 13.6 Å². The molecule has 1 aliphatic carbocycles. The van der Waals surface area contributed by atoms with Crippen molar-refractivity contribution in [2.45, 2.75) is 38.5 Å². The van der Waals surface area contributed by atoms with Gasteiger partial charge in [-0.25, -0.2) is 4.98 Å². The summed E-state index contributed by atoms with van der Waals surface area (Å²) in [5, 5.41) is 5.95. The number of ether oxygens (including phenoxy) is 1. The van der Waals surface area contributed by atoms with Crippen molar-refractivity contribution in [3.05, 3.63) is 22.3 Å². The highest BCUT2D eigenvalue weighted by Crippen LogP contribution is 2.54. The third-order valence-corrected chi connectivity index (χ3v) is 4.76. The first-order chi connectivity index (χ1) is 10.4. The number of pyridine rings is 1. The molecule has 2 heterocycles. The Hall–Kier alpha value is -1.12. The summed E-state index contributed by atoms with van der Waals surface area (Å²) in [6.07, 6.45) is 1.28. The molecule has 3 atom stereocenters. The minimum Gasteiger partial charge on any atom is -0.322 e. The maximum absolute atomic E-state index is 12.3. The summed E-state index contributed by atoms with van der Waals surface area (Å²) in [7, 11) is 0. The third-order valence-electron chi connectivity index (χ3n) is 4.32. The molecule has 0 aromatic carbocycles. The number of carbonyl (C=O) groups excluding carboxylic acids is 1. The van der Waals surface area contributed by atoms with E-state index in [4.69, 9.17) is 0 Å². The quantitative estimate of drug-likeness (QED) is 0.776. The van der Waals surface area contributed by atoms with Gasteiger partial charge < -0.3 is 15.4 Å². The molecule has 8 heteroatoms. The van der Waals surface area contributed by atoms with Crippen molar-refractivity contribution in [3.8, 4) is 0 Å². The van der Waals surface area contributed by atoms with Crippen LogP contribution in [0.4, 0.5) is 14.6 Å². The topological polar surface area (TPSA) is 63.2 Å². The molecule has 5 nitrogen and oxygen atoms in total. The molecule has 2 N–H and O–H groups in total. The second kappa shape index (κ2) is 5.82. The van der Waals surface area contributed by atoms with Gasteiger partial charge in [-0.05, 0) is 47.3 Å². The van der Waals surface area contributed by atoms with Gasteiger partial charge in [0.1, 0.15) is 10.4 Å². The number of carbonyl (C=O) groups is 1. The maximum atomic E-state index is 12.3. The molecule has 1 saturated heterocycles. The Morgan fingerprint density at radius 3 is 3.09 bits per heavy atom. The number of halogens is 3. The third kappa shape index (κ3) is 3.13. The molecule has 3 unspecified atom stereocenters. The molecule has 0 spiro atoms. The van der Waals surface area contributed by atoms with Gasteiger partial charge in [0.05, 0.1) is 12.6 Å². The van der Waals surface area contributed by atoms with Crippen LogP contribution in [0, 0.1) is 12.3 Å². The minimum absolute atomic E-state index is 0.0136. The Bertz CT molecular complexity index is 601. The van der Waals surface area contributed by atoms with E-state index < -0.39 is 12.7 Å². The van der Waals surface area contributed by atoms with Crippen LogP contribution in [0.1, 0.15) is 18.4 Å². The number of amides is 1. The fourth-order valence-electron chi connectivity index (χ4n) is 2.97. The normalized spacial score (nSPS) is 29.5. The first-order valence-corrected chi connectivity index (χ1v) is 7.79. The molecule has 1 amide bonds. The number of aromatic nitrogens is 1. The number of anilines is 1. The lowest BCUT2D eigenvalue weighted by Gasteiger charge is -2.16. The van der Waals surface area contributed by atoms with Crippen LogP contribution in [0.25, 0.3) is 0 Å². The molecule has 0 bridgehead atoms. The Balaban J connectivity index is 1.60. The highest BCUT2D eigenvalue weighted by molar-refractivity contribution is 9.10. The summed E-state index contributed by atoms with van der Waals surface area (Å²) in [6.45, 7) is -0.927. The number of hydrogen-bond donors (Lipinski definition) is 2. The van der Waals surface area contributed by atoms with Gasteiger partial charge in [-0.1, -0.05) is 6.07 Å².